The Kier molecular flexibility index (Phi) is 5.78. The van der Waals surface area contributed by atoms with Crippen LogP contribution in [0.25, 0.3) is 0 Å². The zero-order valence-electron chi connectivity index (χ0n) is 12.5. The first-order valence-electron chi connectivity index (χ1n) is 7.65. The molecule has 4 nitrogen and oxygen atoms in total. The van der Waals surface area contributed by atoms with Crippen LogP contribution in [0.2, 0.25) is 0 Å². The molecular weight excluding hydrogens is 268 g/mol. The maximum atomic E-state index is 12.0. The van der Waals surface area contributed by atoms with E-state index in [1.54, 1.807) is 25.1 Å². The predicted molar refractivity (Wildman–Crippen MR) is 79.1 cm³/mol. The monoisotopic (exact) mass is 290 g/mol. The molecule has 0 radical (unpaired) electrons. The van der Waals surface area contributed by atoms with Gasteiger partial charge in [0.1, 0.15) is 6.10 Å². The van der Waals surface area contributed by atoms with Crippen LogP contribution in [0.4, 0.5) is 0 Å². The van der Waals surface area contributed by atoms with Gasteiger partial charge in [0.15, 0.2) is 0 Å². The molecule has 1 aromatic rings. The Morgan fingerprint density at radius 3 is 2.57 bits per heavy atom. The number of benzene rings is 1. The Hall–Kier alpha value is -1.84. The molecule has 0 bridgehead atoms. The van der Waals surface area contributed by atoms with Gasteiger partial charge in [-0.1, -0.05) is 24.6 Å². The summed E-state index contributed by atoms with van der Waals surface area (Å²) in [5.74, 6) is -0.655. The highest BCUT2D eigenvalue weighted by atomic mass is 16.5. The highest BCUT2D eigenvalue weighted by Crippen LogP contribution is 2.21. The average Bonchev–Trinajstić information content (AvgIpc) is 2.49. The number of rotatable bonds is 5. The molecule has 114 valence electrons. The molecule has 21 heavy (non-hydrogen) atoms. The van der Waals surface area contributed by atoms with Crippen LogP contribution < -0.4 is 0 Å². The molecule has 0 aliphatic heterocycles. The summed E-state index contributed by atoms with van der Waals surface area (Å²) >= 11 is 0. The van der Waals surface area contributed by atoms with Crippen molar-refractivity contribution in [3.05, 3.63) is 35.4 Å². The maximum Gasteiger partial charge on any atom is 0.338 e. The highest BCUT2D eigenvalue weighted by molar-refractivity contribution is 5.92. The van der Waals surface area contributed by atoms with Crippen molar-refractivity contribution in [2.45, 2.75) is 51.6 Å². The van der Waals surface area contributed by atoms with Gasteiger partial charge >= 0.3 is 11.9 Å². The molecule has 1 saturated carbocycles. The van der Waals surface area contributed by atoms with Crippen molar-refractivity contribution in [1.29, 1.82) is 0 Å². The molecule has 0 unspecified atom stereocenters. The Morgan fingerprint density at radius 2 is 1.86 bits per heavy atom. The van der Waals surface area contributed by atoms with E-state index in [-0.39, 0.29) is 18.5 Å². The van der Waals surface area contributed by atoms with E-state index in [0.717, 1.165) is 25.7 Å². The molecule has 0 atom stereocenters. The van der Waals surface area contributed by atoms with Crippen molar-refractivity contribution in [2.24, 2.45) is 0 Å². The first kappa shape index (κ1) is 15.5. The van der Waals surface area contributed by atoms with E-state index in [2.05, 4.69) is 0 Å². The summed E-state index contributed by atoms with van der Waals surface area (Å²) in [6.07, 6.45) is 5.53. The van der Waals surface area contributed by atoms with Crippen LogP contribution in [0.3, 0.4) is 0 Å². The molecule has 2 rings (SSSR count). The van der Waals surface area contributed by atoms with E-state index in [4.69, 9.17) is 9.47 Å². The van der Waals surface area contributed by atoms with E-state index in [1.807, 2.05) is 6.07 Å². The summed E-state index contributed by atoms with van der Waals surface area (Å²) in [5.41, 5.74) is 1.11. The third kappa shape index (κ3) is 4.59. The van der Waals surface area contributed by atoms with Crippen LogP contribution in [0.15, 0.2) is 24.3 Å². The van der Waals surface area contributed by atoms with E-state index >= 15 is 0 Å². The summed E-state index contributed by atoms with van der Waals surface area (Å²) in [6, 6.07) is 7.03. The zero-order chi connectivity index (χ0) is 15.1. The number of carbonyl (C=O) groups excluding carboxylic acids is 2. The Morgan fingerprint density at radius 1 is 1.14 bits per heavy atom. The fourth-order valence-corrected chi connectivity index (χ4v) is 2.65. The van der Waals surface area contributed by atoms with Crippen LogP contribution in [0.1, 0.15) is 54.9 Å². The van der Waals surface area contributed by atoms with Crippen molar-refractivity contribution in [3.63, 3.8) is 0 Å². The average molecular weight is 290 g/mol. The maximum absolute atomic E-state index is 12.0. The lowest BCUT2D eigenvalue weighted by atomic mass is 9.97. The molecule has 0 saturated heterocycles. The summed E-state index contributed by atoms with van der Waals surface area (Å²) < 4.78 is 10.5. The van der Waals surface area contributed by atoms with E-state index in [1.165, 1.54) is 6.42 Å². The van der Waals surface area contributed by atoms with Gasteiger partial charge in [0.2, 0.25) is 0 Å². The quantitative estimate of drug-likeness (QED) is 0.781. The number of carbonyl (C=O) groups is 2. The second-order valence-corrected chi connectivity index (χ2v) is 5.30. The van der Waals surface area contributed by atoms with Gasteiger partial charge in [-0.3, -0.25) is 4.79 Å². The lowest BCUT2D eigenvalue weighted by Crippen LogP contribution is -2.22. The summed E-state index contributed by atoms with van der Waals surface area (Å²) in [6.45, 7) is 2.08. The van der Waals surface area contributed by atoms with Crippen LogP contribution in [-0.2, 0) is 20.7 Å². The van der Waals surface area contributed by atoms with E-state index in [0.29, 0.717) is 17.7 Å². The van der Waals surface area contributed by atoms with Crippen LogP contribution in [0.5, 0.6) is 0 Å². The number of hydrogen-bond acceptors (Lipinski definition) is 4. The van der Waals surface area contributed by atoms with Gasteiger partial charge in [0, 0.05) is 0 Å². The van der Waals surface area contributed by atoms with E-state index in [9.17, 15) is 9.59 Å². The van der Waals surface area contributed by atoms with Gasteiger partial charge < -0.3 is 9.47 Å². The van der Waals surface area contributed by atoms with Crippen molar-refractivity contribution in [1.82, 2.24) is 0 Å². The topological polar surface area (TPSA) is 52.6 Å². The van der Waals surface area contributed by atoms with Crippen molar-refractivity contribution >= 4 is 11.9 Å². The van der Waals surface area contributed by atoms with Crippen LogP contribution >= 0.6 is 0 Å². The molecule has 1 aliphatic carbocycles. The van der Waals surface area contributed by atoms with Gasteiger partial charge in [-0.25, -0.2) is 4.79 Å². The second-order valence-electron chi connectivity index (χ2n) is 5.30. The Bertz CT molecular complexity index is 489. The third-order valence-corrected chi connectivity index (χ3v) is 3.70. The molecule has 0 heterocycles. The van der Waals surface area contributed by atoms with Gasteiger partial charge in [0.25, 0.3) is 0 Å². The Labute approximate surface area is 125 Å². The van der Waals surface area contributed by atoms with Gasteiger partial charge in [-0.2, -0.15) is 0 Å². The SMILES string of the molecule is CCOC(=O)c1ccccc1CC(=O)OC1CCCCC1. The molecule has 0 spiro atoms. The van der Waals surface area contributed by atoms with Crippen molar-refractivity contribution in [3.8, 4) is 0 Å². The molecular formula is C17H22O4. The number of ether oxygens (including phenoxy) is 2. The van der Waals surface area contributed by atoms with Gasteiger partial charge in [0.05, 0.1) is 18.6 Å². The minimum atomic E-state index is -0.390. The Balaban J connectivity index is 1.98. The molecule has 0 amide bonds. The van der Waals surface area contributed by atoms with E-state index < -0.39 is 5.97 Å². The number of esters is 2. The minimum absolute atomic E-state index is 0.0426. The van der Waals surface area contributed by atoms with Gasteiger partial charge in [-0.15, -0.1) is 0 Å². The lowest BCUT2D eigenvalue weighted by Gasteiger charge is -2.22. The second kappa shape index (κ2) is 7.81. The highest BCUT2D eigenvalue weighted by Gasteiger charge is 2.20. The minimum Gasteiger partial charge on any atom is -0.462 e. The fraction of sp³-hybridized carbons (Fsp3) is 0.529. The molecule has 1 aliphatic rings. The predicted octanol–water partition coefficient (Wildman–Crippen LogP) is 3.28. The summed E-state index contributed by atoms with van der Waals surface area (Å²) in [7, 11) is 0. The first-order chi connectivity index (χ1) is 10.2. The molecule has 0 aromatic heterocycles. The molecule has 4 heteroatoms. The van der Waals surface area contributed by atoms with Crippen LogP contribution in [-0.4, -0.2) is 24.6 Å². The standard InChI is InChI=1S/C17H22O4/c1-2-20-17(19)15-11-7-6-8-13(15)12-16(18)21-14-9-4-3-5-10-14/h6-8,11,14H,2-5,9-10,12H2,1H3. The lowest BCUT2D eigenvalue weighted by molar-refractivity contribution is -0.149. The summed E-state index contributed by atoms with van der Waals surface area (Å²) in [4.78, 5) is 23.9. The van der Waals surface area contributed by atoms with Gasteiger partial charge in [-0.05, 0) is 44.2 Å². The molecule has 0 N–H and O–H groups in total. The molecule has 1 fully saturated rings. The van der Waals surface area contributed by atoms with Crippen molar-refractivity contribution in [2.75, 3.05) is 6.61 Å². The smallest absolute Gasteiger partial charge is 0.338 e. The van der Waals surface area contributed by atoms with Crippen LogP contribution in [0, 0.1) is 0 Å². The largest absolute Gasteiger partial charge is 0.462 e. The normalized spacial score (nSPS) is 15.5. The first-order valence-corrected chi connectivity index (χ1v) is 7.65. The van der Waals surface area contributed by atoms with Crippen molar-refractivity contribution < 1.29 is 19.1 Å². The third-order valence-electron chi connectivity index (χ3n) is 3.70. The summed E-state index contributed by atoms with van der Waals surface area (Å²) in [5, 5.41) is 0. The zero-order valence-corrected chi connectivity index (χ0v) is 12.5. The molecule has 1 aromatic carbocycles. The fourth-order valence-electron chi connectivity index (χ4n) is 2.65. The number of hydrogen-bond donors (Lipinski definition) is 0.